The lowest BCUT2D eigenvalue weighted by molar-refractivity contribution is 0.124. The Balaban J connectivity index is 2.52. The molecule has 0 amide bonds. The molecule has 0 saturated carbocycles. The molecule has 0 fully saturated rings. The Morgan fingerprint density at radius 1 is 1.28 bits per heavy atom. The molecular weight excluding hydrogens is 238 g/mol. The van der Waals surface area contributed by atoms with Crippen molar-refractivity contribution in [3.63, 3.8) is 0 Å². The fraction of sp³-hybridized carbons (Fsp3) is 0.538. The van der Waals surface area contributed by atoms with E-state index in [1.165, 1.54) is 18.2 Å². The Hall–Kier alpha value is -1.04. The van der Waals surface area contributed by atoms with Crippen LogP contribution in [0.25, 0.3) is 0 Å². The van der Waals surface area contributed by atoms with E-state index in [2.05, 4.69) is 5.43 Å². The van der Waals surface area contributed by atoms with Crippen LogP contribution < -0.4 is 11.3 Å². The van der Waals surface area contributed by atoms with E-state index < -0.39 is 11.6 Å². The first-order valence-corrected chi connectivity index (χ1v) is 6.15. The Kier molecular flexibility index (Phi) is 6.78. The lowest BCUT2D eigenvalue weighted by atomic mass is 10.0. The number of nitrogens with two attached hydrogens (primary N) is 1. The van der Waals surface area contributed by atoms with E-state index in [1.54, 1.807) is 0 Å². The normalized spacial score (nSPS) is 12.7. The number of nitrogens with one attached hydrogen (secondary N) is 1. The van der Waals surface area contributed by atoms with Gasteiger partial charge in [-0.05, 0) is 31.4 Å². The van der Waals surface area contributed by atoms with Crippen LogP contribution in [0.1, 0.15) is 25.3 Å². The zero-order chi connectivity index (χ0) is 13.4. The van der Waals surface area contributed by atoms with Gasteiger partial charge in [-0.3, -0.25) is 11.3 Å². The summed E-state index contributed by atoms with van der Waals surface area (Å²) in [5, 5.41) is 0. The van der Waals surface area contributed by atoms with Gasteiger partial charge in [0.2, 0.25) is 0 Å². The lowest BCUT2D eigenvalue weighted by Crippen LogP contribution is -2.38. The van der Waals surface area contributed by atoms with E-state index in [1.807, 2.05) is 6.92 Å². The molecular formula is C13H20F2N2O. The lowest BCUT2D eigenvalue weighted by Gasteiger charge is -2.16. The van der Waals surface area contributed by atoms with Gasteiger partial charge in [0.15, 0.2) is 0 Å². The molecule has 0 aliphatic heterocycles. The summed E-state index contributed by atoms with van der Waals surface area (Å²) < 4.78 is 32.2. The number of benzene rings is 1. The monoisotopic (exact) mass is 258 g/mol. The molecule has 102 valence electrons. The summed E-state index contributed by atoms with van der Waals surface area (Å²) in [5.74, 6) is 4.31. The highest BCUT2D eigenvalue weighted by Gasteiger charge is 2.14. The summed E-state index contributed by atoms with van der Waals surface area (Å²) in [6.07, 6.45) is 1.78. The maximum atomic E-state index is 13.5. The fourth-order valence-electron chi connectivity index (χ4n) is 1.69. The second-order valence-corrected chi connectivity index (χ2v) is 4.17. The van der Waals surface area contributed by atoms with E-state index in [0.29, 0.717) is 19.6 Å². The van der Waals surface area contributed by atoms with Crippen molar-refractivity contribution in [2.45, 2.75) is 32.2 Å². The molecule has 0 saturated heterocycles. The molecule has 0 aliphatic carbocycles. The molecule has 1 unspecified atom stereocenters. The SMILES string of the molecule is CCCOCCC(Cc1c(F)cccc1F)NN. The van der Waals surface area contributed by atoms with Crippen LogP contribution in [-0.4, -0.2) is 19.3 Å². The third-order valence-corrected chi connectivity index (χ3v) is 2.71. The fourth-order valence-corrected chi connectivity index (χ4v) is 1.69. The van der Waals surface area contributed by atoms with Crippen molar-refractivity contribution in [2.75, 3.05) is 13.2 Å². The van der Waals surface area contributed by atoms with Crippen molar-refractivity contribution in [1.82, 2.24) is 5.43 Å². The molecule has 3 nitrogen and oxygen atoms in total. The summed E-state index contributed by atoms with van der Waals surface area (Å²) in [7, 11) is 0. The van der Waals surface area contributed by atoms with Gasteiger partial charge in [-0.25, -0.2) is 8.78 Å². The molecule has 1 aromatic carbocycles. The third kappa shape index (κ3) is 4.68. The van der Waals surface area contributed by atoms with Gasteiger partial charge in [0.05, 0.1) is 0 Å². The molecule has 0 bridgehead atoms. The van der Waals surface area contributed by atoms with Gasteiger partial charge in [0, 0.05) is 24.8 Å². The molecule has 0 aromatic heterocycles. The third-order valence-electron chi connectivity index (χ3n) is 2.71. The van der Waals surface area contributed by atoms with Gasteiger partial charge in [-0.1, -0.05) is 13.0 Å². The predicted molar refractivity (Wildman–Crippen MR) is 66.9 cm³/mol. The number of halogens is 2. The van der Waals surface area contributed by atoms with Gasteiger partial charge in [0.1, 0.15) is 11.6 Å². The molecule has 3 N–H and O–H groups in total. The smallest absolute Gasteiger partial charge is 0.129 e. The highest BCUT2D eigenvalue weighted by atomic mass is 19.1. The molecule has 0 radical (unpaired) electrons. The van der Waals surface area contributed by atoms with Crippen LogP contribution in [0, 0.1) is 11.6 Å². The molecule has 0 spiro atoms. The van der Waals surface area contributed by atoms with Crippen molar-refractivity contribution in [3.05, 3.63) is 35.4 Å². The largest absolute Gasteiger partial charge is 0.381 e. The van der Waals surface area contributed by atoms with Crippen LogP contribution in [0.3, 0.4) is 0 Å². The number of ether oxygens (including phenoxy) is 1. The summed E-state index contributed by atoms with van der Waals surface area (Å²) in [6, 6.07) is 3.65. The average Bonchev–Trinajstić information content (AvgIpc) is 2.36. The second-order valence-electron chi connectivity index (χ2n) is 4.17. The standard InChI is InChI=1S/C13H20F2N2O/c1-2-7-18-8-6-10(17-16)9-11-12(14)4-3-5-13(11)15/h3-5,10,17H,2,6-9,16H2,1H3. The van der Waals surface area contributed by atoms with Crippen molar-refractivity contribution in [1.29, 1.82) is 0 Å². The van der Waals surface area contributed by atoms with Crippen LogP contribution in [0.2, 0.25) is 0 Å². The van der Waals surface area contributed by atoms with Gasteiger partial charge in [-0.15, -0.1) is 0 Å². The first-order valence-electron chi connectivity index (χ1n) is 6.15. The highest BCUT2D eigenvalue weighted by molar-refractivity contribution is 5.20. The molecule has 1 rings (SSSR count). The maximum absolute atomic E-state index is 13.5. The van der Waals surface area contributed by atoms with Crippen molar-refractivity contribution in [2.24, 2.45) is 5.84 Å². The van der Waals surface area contributed by atoms with E-state index in [0.717, 1.165) is 6.42 Å². The zero-order valence-electron chi connectivity index (χ0n) is 10.6. The number of hydrazine groups is 1. The molecule has 1 atom stereocenters. The van der Waals surface area contributed by atoms with Gasteiger partial charge >= 0.3 is 0 Å². The van der Waals surface area contributed by atoms with Crippen LogP contribution in [0.5, 0.6) is 0 Å². The summed E-state index contributed by atoms with van der Waals surface area (Å²) in [5.41, 5.74) is 2.63. The minimum Gasteiger partial charge on any atom is -0.381 e. The molecule has 18 heavy (non-hydrogen) atoms. The summed E-state index contributed by atoms with van der Waals surface area (Å²) in [4.78, 5) is 0. The van der Waals surface area contributed by atoms with Crippen LogP contribution >= 0.6 is 0 Å². The van der Waals surface area contributed by atoms with Crippen molar-refractivity contribution < 1.29 is 13.5 Å². The minimum atomic E-state index is -0.537. The van der Waals surface area contributed by atoms with Gasteiger partial charge in [-0.2, -0.15) is 0 Å². The van der Waals surface area contributed by atoms with Crippen LogP contribution in [0.4, 0.5) is 8.78 Å². The number of hydrogen-bond acceptors (Lipinski definition) is 3. The number of hydrogen-bond donors (Lipinski definition) is 2. The topological polar surface area (TPSA) is 47.3 Å². The minimum absolute atomic E-state index is 0.0657. The average molecular weight is 258 g/mol. The van der Waals surface area contributed by atoms with E-state index in [4.69, 9.17) is 10.6 Å². The van der Waals surface area contributed by atoms with Crippen LogP contribution in [0.15, 0.2) is 18.2 Å². The molecule has 5 heteroatoms. The van der Waals surface area contributed by atoms with E-state index >= 15 is 0 Å². The summed E-state index contributed by atoms with van der Waals surface area (Å²) in [6.45, 7) is 3.23. The van der Waals surface area contributed by atoms with Crippen molar-refractivity contribution >= 4 is 0 Å². The van der Waals surface area contributed by atoms with E-state index in [-0.39, 0.29) is 18.0 Å². The van der Waals surface area contributed by atoms with Crippen molar-refractivity contribution in [3.8, 4) is 0 Å². The van der Waals surface area contributed by atoms with Crippen LogP contribution in [-0.2, 0) is 11.2 Å². The Morgan fingerprint density at radius 3 is 2.50 bits per heavy atom. The Morgan fingerprint density at radius 2 is 1.94 bits per heavy atom. The Bertz CT molecular complexity index is 341. The zero-order valence-corrected chi connectivity index (χ0v) is 10.6. The Labute approximate surface area is 106 Å². The number of rotatable bonds is 8. The first-order chi connectivity index (χ1) is 8.69. The predicted octanol–water partition coefficient (Wildman–Crippen LogP) is 2.16. The maximum Gasteiger partial charge on any atom is 0.129 e. The van der Waals surface area contributed by atoms with Gasteiger partial charge < -0.3 is 4.74 Å². The van der Waals surface area contributed by atoms with E-state index in [9.17, 15) is 8.78 Å². The second kappa shape index (κ2) is 8.13. The molecule has 0 heterocycles. The van der Waals surface area contributed by atoms with Gasteiger partial charge in [0.25, 0.3) is 0 Å². The highest BCUT2D eigenvalue weighted by Crippen LogP contribution is 2.15. The first kappa shape index (κ1) is 15.0. The molecule has 0 aliphatic rings. The molecule has 1 aromatic rings. The summed E-state index contributed by atoms with van der Waals surface area (Å²) >= 11 is 0. The quantitative estimate of drug-likeness (QED) is 0.427.